The van der Waals surface area contributed by atoms with Crippen LogP contribution in [-0.2, 0) is 4.79 Å². The van der Waals surface area contributed by atoms with Crippen molar-refractivity contribution in [3.63, 3.8) is 0 Å². The number of hydrogen-bond donors (Lipinski definition) is 2. The number of nitrogens with zero attached hydrogens (tertiary/aromatic N) is 2. The molecule has 6 nitrogen and oxygen atoms in total. The summed E-state index contributed by atoms with van der Waals surface area (Å²) < 4.78 is 5.56. The fourth-order valence-electron chi connectivity index (χ4n) is 1.75. The summed E-state index contributed by atoms with van der Waals surface area (Å²) in [6.07, 6.45) is 2.86. The zero-order valence-electron chi connectivity index (χ0n) is 12.7. The van der Waals surface area contributed by atoms with Gasteiger partial charge in [0.2, 0.25) is 11.8 Å². The van der Waals surface area contributed by atoms with Crippen LogP contribution in [0, 0.1) is 0 Å². The Bertz CT molecular complexity index is 585. The minimum Gasteiger partial charge on any atom is -0.437 e. The molecule has 0 saturated carbocycles. The molecule has 0 bridgehead atoms. The SMILES string of the molecule is CNCCCC(=O)Nc1cccc(Oc2cccnn2)c1.Cl.Cl. The summed E-state index contributed by atoms with van der Waals surface area (Å²) in [5.41, 5.74) is 0.700. The van der Waals surface area contributed by atoms with Gasteiger partial charge in [-0.05, 0) is 38.2 Å². The third-order valence-electron chi connectivity index (χ3n) is 2.72. The Balaban J connectivity index is 0.00000242. The molecule has 0 spiro atoms. The van der Waals surface area contributed by atoms with Crippen LogP contribution in [0.4, 0.5) is 5.69 Å². The van der Waals surface area contributed by atoms with E-state index in [0.717, 1.165) is 13.0 Å². The first kappa shape index (κ1) is 21.1. The lowest BCUT2D eigenvalue weighted by Crippen LogP contribution is -2.15. The van der Waals surface area contributed by atoms with Gasteiger partial charge in [0.15, 0.2) is 0 Å². The van der Waals surface area contributed by atoms with Gasteiger partial charge in [0.1, 0.15) is 5.75 Å². The summed E-state index contributed by atoms with van der Waals surface area (Å²) in [4.78, 5) is 11.8. The minimum atomic E-state index is -0.0121. The third kappa shape index (κ3) is 7.78. The number of anilines is 1. The van der Waals surface area contributed by atoms with E-state index in [-0.39, 0.29) is 30.7 Å². The number of ether oxygens (including phenoxy) is 1. The lowest BCUT2D eigenvalue weighted by atomic mass is 10.2. The second-order valence-corrected chi connectivity index (χ2v) is 4.45. The first-order chi connectivity index (χ1) is 10.3. The number of nitrogens with one attached hydrogen (secondary N) is 2. The van der Waals surface area contributed by atoms with E-state index in [2.05, 4.69) is 20.8 Å². The van der Waals surface area contributed by atoms with Gasteiger partial charge in [-0.25, -0.2) is 0 Å². The molecule has 2 rings (SSSR count). The van der Waals surface area contributed by atoms with Crippen LogP contribution < -0.4 is 15.4 Å². The van der Waals surface area contributed by atoms with Gasteiger partial charge in [-0.15, -0.1) is 29.9 Å². The molecule has 126 valence electrons. The monoisotopic (exact) mass is 358 g/mol. The molecular formula is C15H20Cl2N4O2. The van der Waals surface area contributed by atoms with Crippen LogP contribution >= 0.6 is 24.8 Å². The standard InChI is InChI=1S/C15H18N4O2.2ClH/c1-16-9-3-7-14(20)18-12-5-2-6-13(11-12)21-15-8-4-10-17-19-15;;/h2,4-6,8,10-11,16H,3,7,9H2,1H3,(H,18,20);2*1H. The molecule has 2 aromatic rings. The number of hydrogen-bond acceptors (Lipinski definition) is 5. The molecular weight excluding hydrogens is 339 g/mol. The van der Waals surface area contributed by atoms with Crippen LogP contribution in [0.1, 0.15) is 12.8 Å². The van der Waals surface area contributed by atoms with Crippen molar-refractivity contribution in [2.75, 3.05) is 18.9 Å². The fraction of sp³-hybridized carbons (Fsp3) is 0.267. The van der Waals surface area contributed by atoms with E-state index in [4.69, 9.17) is 4.74 Å². The molecule has 0 fully saturated rings. The largest absolute Gasteiger partial charge is 0.437 e. The zero-order valence-corrected chi connectivity index (χ0v) is 14.3. The Kier molecular flexibility index (Phi) is 10.7. The summed E-state index contributed by atoms with van der Waals surface area (Å²) in [6.45, 7) is 0.823. The highest BCUT2D eigenvalue weighted by Crippen LogP contribution is 2.22. The molecule has 1 aromatic carbocycles. The summed E-state index contributed by atoms with van der Waals surface area (Å²) in [5, 5.41) is 13.4. The summed E-state index contributed by atoms with van der Waals surface area (Å²) in [5.74, 6) is 1.00. The first-order valence-corrected chi connectivity index (χ1v) is 6.78. The second kappa shape index (κ2) is 11.6. The zero-order chi connectivity index (χ0) is 14.9. The van der Waals surface area contributed by atoms with Crippen molar-refractivity contribution < 1.29 is 9.53 Å². The Morgan fingerprint density at radius 1 is 1.22 bits per heavy atom. The van der Waals surface area contributed by atoms with Crippen molar-refractivity contribution >= 4 is 36.4 Å². The van der Waals surface area contributed by atoms with E-state index in [1.165, 1.54) is 0 Å². The molecule has 0 saturated heterocycles. The van der Waals surface area contributed by atoms with Gasteiger partial charge in [-0.1, -0.05) is 6.07 Å². The molecule has 0 unspecified atom stereocenters. The van der Waals surface area contributed by atoms with E-state index in [1.807, 2.05) is 19.2 Å². The molecule has 1 amide bonds. The second-order valence-electron chi connectivity index (χ2n) is 4.45. The van der Waals surface area contributed by atoms with Gasteiger partial charge < -0.3 is 15.4 Å². The van der Waals surface area contributed by atoms with Crippen LogP contribution in [0.15, 0.2) is 42.6 Å². The van der Waals surface area contributed by atoms with Crippen molar-refractivity contribution in [3.05, 3.63) is 42.6 Å². The smallest absolute Gasteiger partial charge is 0.238 e. The fourth-order valence-corrected chi connectivity index (χ4v) is 1.75. The molecule has 0 radical (unpaired) electrons. The Morgan fingerprint density at radius 2 is 2.04 bits per heavy atom. The highest BCUT2D eigenvalue weighted by Gasteiger charge is 2.04. The number of carbonyl (C=O) groups is 1. The molecule has 1 heterocycles. The number of rotatable bonds is 7. The van der Waals surface area contributed by atoms with E-state index in [1.54, 1.807) is 30.5 Å². The Morgan fingerprint density at radius 3 is 2.74 bits per heavy atom. The average molecular weight is 359 g/mol. The van der Waals surface area contributed by atoms with E-state index in [0.29, 0.717) is 23.7 Å². The van der Waals surface area contributed by atoms with Crippen LogP contribution in [0.3, 0.4) is 0 Å². The van der Waals surface area contributed by atoms with Crippen molar-refractivity contribution in [1.29, 1.82) is 0 Å². The van der Waals surface area contributed by atoms with Crippen LogP contribution in [0.25, 0.3) is 0 Å². The number of carbonyl (C=O) groups excluding carboxylic acids is 1. The number of aromatic nitrogens is 2. The van der Waals surface area contributed by atoms with Gasteiger partial charge >= 0.3 is 0 Å². The molecule has 2 N–H and O–H groups in total. The normalized spacial score (nSPS) is 9.26. The topological polar surface area (TPSA) is 76.1 Å². The molecule has 0 aliphatic rings. The van der Waals surface area contributed by atoms with Gasteiger partial charge in [0.05, 0.1) is 0 Å². The van der Waals surface area contributed by atoms with E-state index < -0.39 is 0 Å². The maximum absolute atomic E-state index is 11.8. The molecule has 23 heavy (non-hydrogen) atoms. The highest BCUT2D eigenvalue weighted by atomic mass is 35.5. The highest BCUT2D eigenvalue weighted by molar-refractivity contribution is 5.90. The number of benzene rings is 1. The number of amides is 1. The molecule has 0 atom stereocenters. The van der Waals surface area contributed by atoms with Crippen molar-refractivity contribution in [3.8, 4) is 11.6 Å². The van der Waals surface area contributed by atoms with Crippen LogP contribution in [0.5, 0.6) is 11.6 Å². The maximum Gasteiger partial charge on any atom is 0.238 e. The quantitative estimate of drug-likeness (QED) is 0.743. The summed E-state index contributed by atoms with van der Waals surface area (Å²) in [7, 11) is 1.87. The van der Waals surface area contributed by atoms with E-state index in [9.17, 15) is 4.79 Å². The maximum atomic E-state index is 11.8. The minimum absolute atomic E-state index is 0. The predicted molar refractivity (Wildman–Crippen MR) is 94.8 cm³/mol. The molecule has 8 heteroatoms. The number of halogens is 2. The summed E-state index contributed by atoms with van der Waals surface area (Å²) in [6, 6.07) is 10.6. The molecule has 1 aromatic heterocycles. The van der Waals surface area contributed by atoms with Crippen molar-refractivity contribution in [2.24, 2.45) is 0 Å². The van der Waals surface area contributed by atoms with Crippen LogP contribution in [-0.4, -0.2) is 29.7 Å². The van der Waals surface area contributed by atoms with Crippen molar-refractivity contribution in [1.82, 2.24) is 15.5 Å². The third-order valence-corrected chi connectivity index (χ3v) is 2.72. The molecule has 0 aliphatic carbocycles. The van der Waals surface area contributed by atoms with Crippen molar-refractivity contribution in [2.45, 2.75) is 12.8 Å². The average Bonchev–Trinajstić information content (AvgIpc) is 2.49. The van der Waals surface area contributed by atoms with Gasteiger partial charge in [-0.3, -0.25) is 4.79 Å². The van der Waals surface area contributed by atoms with Gasteiger partial charge in [0, 0.05) is 30.4 Å². The van der Waals surface area contributed by atoms with Gasteiger partial charge in [0.25, 0.3) is 0 Å². The van der Waals surface area contributed by atoms with E-state index >= 15 is 0 Å². The van der Waals surface area contributed by atoms with Gasteiger partial charge in [-0.2, -0.15) is 5.10 Å². The lowest BCUT2D eigenvalue weighted by molar-refractivity contribution is -0.116. The Hall–Kier alpha value is -1.89. The lowest BCUT2D eigenvalue weighted by Gasteiger charge is -2.08. The summed E-state index contributed by atoms with van der Waals surface area (Å²) >= 11 is 0. The first-order valence-electron chi connectivity index (χ1n) is 6.78. The predicted octanol–water partition coefficient (Wildman–Crippen LogP) is 3.05. The Labute approximate surface area is 147 Å². The van der Waals surface area contributed by atoms with Crippen LogP contribution in [0.2, 0.25) is 0 Å². The molecule has 0 aliphatic heterocycles.